The van der Waals surface area contributed by atoms with Crippen molar-refractivity contribution in [2.24, 2.45) is 0 Å². The third-order valence-electron chi connectivity index (χ3n) is 7.91. The van der Waals surface area contributed by atoms with E-state index in [2.05, 4.69) is 74.1 Å². The van der Waals surface area contributed by atoms with Gasteiger partial charge < -0.3 is 29.3 Å². The van der Waals surface area contributed by atoms with Crippen LogP contribution >= 0.6 is 0 Å². The minimum absolute atomic E-state index is 0.685. The second kappa shape index (κ2) is 10.2. The van der Waals surface area contributed by atoms with Crippen LogP contribution in [0.15, 0.2) is 42.5 Å². The Morgan fingerprint density at radius 2 is 1.81 bits per heavy atom. The predicted octanol–water partition coefficient (Wildman–Crippen LogP) is 4.25. The molecule has 6 rings (SSSR count). The number of nitrogens with one attached hydrogen (secondary N) is 1. The maximum atomic E-state index is 5.26. The van der Waals surface area contributed by atoms with Crippen molar-refractivity contribution in [3.63, 3.8) is 0 Å². The Morgan fingerprint density at radius 3 is 2.67 bits per heavy atom. The highest BCUT2D eigenvalue weighted by atomic mass is 16.5. The number of hydrogen-bond acceptors (Lipinski definition) is 6. The molecule has 0 radical (unpaired) electrons. The highest BCUT2D eigenvalue weighted by molar-refractivity contribution is 6.17. The lowest BCUT2D eigenvalue weighted by molar-refractivity contribution is 0.153. The molecule has 1 saturated heterocycles. The molecule has 1 N–H and O–H groups in total. The van der Waals surface area contributed by atoms with Gasteiger partial charge in [0.15, 0.2) is 0 Å². The summed E-state index contributed by atoms with van der Waals surface area (Å²) < 4.78 is 7.75. The second-order valence-electron chi connectivity index (χ2n) is 10.3. The predicted molar refractivity (Wildman–Crippen MR) is 150 cm³/mol. The van der Waals surface area contributed by atoms with Crippen molar-refractivity contribution in [1.82, 2.24) is 19.4 Å². The van der Waals surface area contributed by atoms with E-state index in [1.807, 2.05) is 0 Å². The molecular formula is C29H38N6O. The third kappa shape index (κ3) is 4.40. The van der Waals surface area contributed by atoms with E-state index in [1.165, 1.54) is 66.6 Å². The van der Waals surface area contributed by atoms with Crippen LogP contribution in [-0.4, -0.2) is 92.5 Å². The summed E-state index contributed by atoms with van der Waals surface area (Å²) >= 11 is 0. The largest absolute Gasteiger partial charge is 0.383 e. The minimum Gasteiger partial charge on any atom is -0.383 e. The van der Waals surface area contributed by atoms with Crippen LogP contribution < -0.4 is 10.2 Å². The van der Waals surface area contributed by atoms with E-state index >= 15 is 0 Å². The molecule has 4 aromatic rings. The Bertz CT molecular complexity index is 1360. The van der Waals surface area contributed by atoms with E-state index in [0.717, 1.165) is 49.3 Å². The van der Waals surface area contributed by atoms with Gasteiger partial charge in [-0.3, -0.25) is 0 Å². The van der Waals surface area contributed by atoms with Crippen molar-refractivity contribution in [2.75, 3.05) is 83.3 Å². The molecule has 0 bridgehead atoms. The van der Waals surface area contributed by atoms with Gasteiger partial charge in [0.2, 0.25) is 0 Å². The summed E-state index contributed by atoms with van der Waals surface area (Å²) in [4.78, 5) is 13.0. The summed E-state index contributed by atoms with van der Waals surface area (Å²) in [6, 6.07) is 15.5. The van der Waals surface area contributed by atoms with Crippen LogP contribution in [-0.2, 0) is 11.3 Å². The van der Waals surface area contributed by atoms with Crippen LogP contribution in [0.2, 0.25) is 0 Å². The maximum Gasteiger partial charge on any atom is 0.0988 e. The number of nitrogens with zero attached hydrogens (tertiary/aromatic N) is 5. The Labute approximate surface area is 213 Å². The topological polar surface area (TPSA) is 48.8 Å². The van der Waals surface area contributed by atoms with Crippen LogP contribution in [0.5, 0.6) is 0 Å². The molecule has 190 valence electrons. The van der Waals surface area contributed by atoms with Gasteiger partial charge in [-0.15, -0.1) is 0 Å². The molecule has 0 saturated carbocycles. The summed E-state index contributed by atoms with van der Waals surface area (Å²) in [5.41, 5.74) is 7.26. The molecule has 7 nitrogen and oxygen atoms in total. The van der Waals surface area contributed by atoms with Crippen molar-refractivity contribution in [3.8, 4) is 0 Å². The SMILES string of the molecule is COCCNc1ccc2c3c4c(nc2c1)c1ccccc1n4CCCN3CCCN1CCN(C)CC1. The van der Waals surface area contributed by atoms with Crippen molar-refractivity contribution in [2.45, 2.75) is 19.4 Å². The quantitative estimate of drug-likeness (QED) is 0.376. The number of likely N-dealkylation sites (N-methyl/N-ethyl adjacent to an activating group) is 1. The molecule has 36 heavy (non-hydrogen) atoms. The van der Waals surface area contributed by atoms with Crippen LogP contribution in [0, 0.1) is 0 Å². The number of benzene rings is 2. The molecule has 0 atom stereocenters. The Balaban J connectivity index is 1.40. The van der Waals surface area contributed by atoms with Gasteiger partial charge >= 0.3 is 0 Å². The van der Waals surface area contributed by atoms with Crippen molar-refractivity contribution < 1.29 is 4.74 Å². The fraction of sp³-hybridized carbons (Fsp3) is 0.483. The average Bonchev–Trinajstić information content (AvgIpc) is 3.07. The Hall–Kier alpha value is -2.87. The van der Waals surface area contributed by atoms with Crippen LogP contribution in [0.1, 0.15) is 12.8 Å². The molecular weight excluding hydrogens is 448 g/mol. The lowest BCUT2D eigenvalue weighted by atomic mass is 10.1. The van der Waals surface area contributed by atoms with Gasteiger partial charge in [-0.2, -0.15) is 0 Å². The summed E-state index contributed by atoms with van der Waals surface area (Å²) in [7, 11) is 3.97. The van der Waals surface area contributed by atoms with Gasteiger partial charge in [-0.1, -0.05) is 18.2 Å². The van der Waals surface area contributed by atoms with Crippen molar-refractivity contribution in [1.29, 1.82) is 0 Å². The number of anilines is 2. The van der Waals surface area contributed by atoms with Crippen LogP contribution in [0.25, 0.3) is 32.8 Å². The third-order valence-corrected chi connectivity index (χ3v) is 7.91. The molecule has 2 aliphatic rings. The normalized spacial score (nSPS) is 17.3. The number of hydrogen-bond donors (Lipinski definition) is 1. The van der Waals surface area contributed by atoms with E-state index in [4.69, 9.17) is 9.72 Å². The lowest BCUT2D eigenvalue weighted by Gasteiger charge is -2.33. The molecule has 0 amide bonds. The molecule has 2 aromatic heterocycles. The molecule has 0 unspecified atom stereocenters. The number of para-hydroxylation sites is 1. The minimum atomic E-state index is 0.685. The zero-order valence-corrected chi connectivity index (χ0v) is 21.7. The van der Waals surface area contributed by atoms with Gasteiger partial charge in [0.05, 0.1) is 34.4 Å². The number of aryl methyl sites for hydroxylation is 1. The molecule has 2 aliphatic heterocycles. The van der Waals surface area contributed by atoms with Gasteiger partial charge in [-0.25, -0.2) is 4.98 Å². The Morgan fingerprint density at radius 1 is 0.944 bits per heavy atom. The van der Waals surface area contributed by atoms with Crippen molar-refractivity contribution in [3.05, 3.63) is 42.5 Å². The number of rotatable bonds is 8. The first-order valence-corrected chi connectivity index (χ1v) is 13.5. The van der Waals surface area contributed by atoms with Gasteiger partial charge in [0, 0.05) is 75.9 Å². The smallest absolute Gasteiger partial charge is 0.0988 e. The monoisotopic (exact) mass is 486 g/mol. The first kappa shape index (κ1) is 23.5. The van der Waals surface area contributed by atoms with E-state index in [-0.39, 0.29) is 0 Å². The van der Waals surface area contributed by atoms with Gasteiger partial charge in [0.25, 0.3) is 0 Å². The van der Waals surface area contributed by atoms with E-state index in [1.54, 1.807) is 7.11 Å². The fourth-order valence-electron chi connectivity index (χ4n) is 5.98. The highest BCUT2D eigenvalue weighted by Gasteiger charge is 2.25. The van der Waals surface area contributed by atoms with E-state index < -0.39 is 0 Å². The number of pyridine rings is 1. The van der Waals surface area contributed by atoms with Gasteiger partial charge in [0.1, 0.15) is 0 Å². The number of aromatic nitrogens is 2. The summed E-state index contributed by atoms with van der Waals surface area (Å²) in [6.07, 6.45) is 2.33. The van der Waals surface area contributed by atoms with Crippen molar-refractivity contribution >= 4 is 44.2 Å². The van der Waals surface area contributed by atoms with E-state index in [0.29, 0.717) is 6.61 Å². The number of piperazine rings is 1. The molecule has 1 fully saturated rings. The maximum absolute atomic E-state index is 5.26. The Kier molecular flexibility index (Phi) is 6.69. The standard InChI is InChI=1S/C29H38N6O/c1-32-16-18-33(19-17-32)12-5-13-34-14-6-15-35-26-8-4-3-7-24(26)27-29(35)28(34)23-10-9-22(21-25(23)31-27)30-11-20-36-2/h3-4,7-10,21,30H,5-6,11-20H2,1-2H3. The van der Waals surface area contributed by atoms with Gasteiger partial charge in [-0.05, 0) is 50.7 Å². The number of fused-ring (bicyclic) bond motifs is 5. The van der Waals surface area contributed by atoms with Crippen LogP contribution in [0.3, 0.4) is 0 Å². The first-order valence-electron chi connectivity index (χ1n) is 13.5. The summed E-state index contributed by atoms with van der Waals surface area (Å²) in [5.74, 6) is 0. The first-order chi connectivity index (χ1) is 17.7. The lowest BCUT2D eigenvalue weighted by Crippen LogP contribution is -2.45. The molecule has 2 aromatic carbocycles. The van der Waals surface area contributed by atoms with Crippen LogP contribution in [0.4, 0.5) is 11.4 Å². The zero-order chi connectivity index (χ0) is 24.5. The summed E-state index contributed by atoms with van der Waals surface area (Å²) in [5, 5.41) is 6.00. The average molecular weight is 487 g/mol. The molecule has 4 heterocycles. The fourth-order valence-corrected chi connectivity index (χ4v) is 5.98. The number of ether oxygens (including phenoxy) is 1. The molecule has 7 heteroatoms. The molecule has 0 spiro atoms. The number of methoxy groups -OCH3 is 1. The summed E-state index contributed by atoms with van der Waals surface area (Å²) in [6.45, 7) is 10.6. The second-order valence-corrected chi connectivity index (χ2v) is 10.3. The zero-order valence-electron chi connectivity index (χ0n) is 21.7. The van der Waals surface area contributed by atoms with E-state index in [9.17, 15) is 0 Å². The molecule has 0 aliphatic carbocycles. The highest BCUT2D eigenvalue weighted by Crippen LogP contribution is 2.41.